The number of allylic oxidation sites excluding steroid dienone is 1. The summed E-state index contributed by atoms with van der Waals surface area (Å²) in [7, 11) is -4.07. The van der Waals surface area contributed by atoms with E-state index in [0.29, 0.717) is 27.6 Å². The minimum atomic E-state index is -4.07. The molecule has 166 valence electrons. The SMILES string of the molecule is N#C/C(=C/c1cn(-c2ccccc2)nc1-c1cc2ccccc2o1)S(=O)(=O)c1ccc(Cl)cc1. The van der Waals surface area contributed by atoms with Gasteiger partial charge in [-0.3, -0.25) is 0 Å². The smallest absolute Gasteiger partial charge is 0.216 e. The molecule has 0 radical (unpaired) electrons. The van der Waals surface area contributed by atoms with Crippen LogP contribution in [0.4, 0.5) is 0 Å². The van der Waals surface area contributed by atoms with Crippen LogP contribution in [0.5, 0.6) is 0 Å². The Bertz CT molecular complexity index is 1640. The summed E-state index contributed by atoms with van der Waals surface area (Å²) in [6, 6.07) is 26.3. The molecule has 3 aromatic carbocycles. The minimum absolute atomic E-state index is 0.0227. The Hall–Kier alpha value is -4.12. The number of para-hydroxylation sites is 2. The number of nitrogens with zero attached hydrogens (tertiary/aromatic N) is 3. The lowest BCUT2D eigenvalue weighted by atomic mass is 10.2. The maximum atomic E-state index is 13.2. The monoisotopic (exact) mass is 485 g/mol. The van der Waals surface area contributed by atoms with Gasteiger partial charge in [0.15, 0.2) is 5.76 Å². The lowest BCUT2D eigenvalue weighted by Crippen LogP contribution is -2.03. The lowest BCUT2D eigenvalue weighted by molar-refractivity contribution is 0.603. The molecule has 2 heterocycles. The molecule has 0 aliphatic heterocycles. The first-order valence-electron chi connectivity index (χ1n) is 10.2. The van der Waals surface area contributed by atoms with Gasteiger partial charge in [0, 0.05) is 22.2 Å². The van der Waals surface area contributed by atoms with E-state index in [1.807, 2.05) is 66.7 Å². The standard InChI is InChI=1S/C26H16ClN3O3S/c27-20-10-12-22(13-11-20)34(31,32)23(16-28)14-19-17-30(21-7-2-1-3-8-21)29-26(19)25-15-18-6-4-5-9-24(18)33-25/h1-15,17H/b23-14-. The quantitative estimate of drug-likeness (QED) is 0.273. The Morgan fingerprint density at radius 2 is 1.71 bits per heavy atom. The maximum absolute atomic E-state index is 13.2. The predicted molar refractivity (Wildman–Crippen MR) is 131 cm³/mol. The zero-order valence-corrected chi connectivity index (χ0v) is 19.2. The van der Waals surface area contributed by atoms with Crippen molar-refractivity contribution in [1.29, 1.82) is 5.26 Å². The van der Waals surface area contributed by atoms with Gasteiger partial charge in [0.1, 0.15) is 22.3 Å². The molecule has 0 aliphatic carbocycles. The van der Waals surface area contributed by atoms with Gasteiger partial charge in [-0.15, -0.1) is 0 Å². The summed E-state index contributed by atoms with van der Waals surface area (Å²) in [6.07, 6.45) is 2.99. The van der Waals surface area contributed by atoms with Crippen molar-refractivity contribution < 1.29 is 12.8 Å². The molecule has 34 heavy (non-hydrogen) atoms. The van der Waals surface area contributed by atoms with Crippen molar-refractivity contribution >= 4 is 38.5 Å². The molecule has 5 rings (SSSR count). The van der Waals surface area contributed by atoms with Crippen molar-refractivity contribution in [3.8, 4) is 23.2 Å². The van der Waals surface area contributed by atoms with Gasteiger partial charge in [-0.25, -0.2) is 13.1 Å². The van der Waals surface area contributed by atoms with Gasteiger partial charge in [-0.1, -0.05) is 48.0 Å². The molecule has 0 bridgehead atoms. The van der Waals surface area contributed by atoms with Crippen molar-refractivity contribution in [3.05, 3.63) is 107 Å². The van der Waals surface area contributed by atoms with Gasteiger partial charge < -0.3 is 4.42 Å². The number of halogens is 1. The van der Waals surface area contributed by atoms with E-state index in [9.17, 15) is 13.7 Å². The van der Waals surface area contributed by atoms with Crippen LogP contribution in [0.3, 0.4) is 0 Å². The molecule has 0 amide bonds. The molecule has 0 aliphatic rings. The summed E-state index contributed by atoms with van der Waals surface area (Å²) in [5.74, 6) is 0.461. The van der Waals surface area contributed by atoms with Crippen LogP contribution in [0.25, 0.3) is 34.2 Å². The van der Waals surface area contributed by atoms with E-state index in [1.165, 1.54) is 30.3 Å². The van der Waals surface area contributed by atoms with Gasteiger partial charge in [0.2, 0.25) is 9.84 Å². The van der Waals surface area contributed by atoms with Crippen molar-refractivity contribution in [2.24, 2.45) is 0 Å². The molecule has 0 unspecified atom stereocenters. The van der Waals surface area contributed by atoms with Crippen molar-refractivity contribution in [2.45, 2.75) is 4.90 Å². The van der Waals surface area contributed by atoms with Crippen LogP contribution in [0, 0.1) is 11.3 Å². The molecule has 8 heteroatoms. The second-order valence-corrected chi connectivity index (χ2v) is 9.79. The lowest BCUT2D eigenvalue weighted by Gasteiger charge is -2.03. The summed E-state index contributed by atoms with van der Waals surface area (Å²) in [5, 5.41) is 15.7. The third-order valence-corrected chi connectivity index (χ3v) is 7.17. The normalized spacial score (nSPS) is 12.1. The van der Waals surface area contributed by atoms with Crippen LogP contribution in [0.15, 0.2) is 105 Å². The van der Waals surface area contributed by atoms with Crippen molar-refractivity contribution in [1.82, 2.24) is 9.78 Å². The first kappa shape index (κ1) is 21.7. The highest BCUT2D eigenvalue weighted by Gasteiger charge is 2.23. The highest BCUT2D eigenvalue weighted by atomic mass is 35.5. The predicted octanol–water partition coefficient (Wildman–Crippen LogP) is 6.28. The van der Waals surface area contributed by atoms with Crippen LogP contribution >= 0.6 is 11.6 Å². The van der Waals surface area contributed by atoms with Crippen molar-refractivity contribution in [2.75, 3.05) is 0 Å². The maximum Gasteiger partial charge on any atom is 0.216 e. The summed E-state index contributed by atoms with van der Waals surface area (Å²) in [5.41, 5.74) is 2.30. The number of benzene rings is 3. The molecular formula is C26H16ClN3O3S. The summed E-state index contributed by atoms with van der Waals surface area (Å²) in [6.45, 7) is 0. The molecule has 2 aromatic heterocycles. The third kappa shape index (κ3) is 4.01. The zero-order valence-electron chi connectivity index (χ0n) is 17.6. The zero-order chi connectivity index (χ0) is 23.7. The number of furan rings is 1. The van der Waals surface area contributed by atoms with E-state index < -0.39 is 14.7 Å². The summed E-state index contributed by atoms with van der Waals surface area (Å²) in [4.78, 5) is -0.440. The van der Waals surface area contributed by atoms with Gasteiger partial charge in [0.05, 0.1) is 10.6 Å². The van der Waals surface area contributed by atoms with Crippen molar-refractivity contribution in [3.63, 3.8) is 0 Å². The second kappa shape index (κ2) is 8.67. The third-order valence-electron chi connectivity index (χ3n) is 5.23. The minimum Gasteiger partial charge on any atom is -0.454 e. The summed E-state index contributed by atoms with van der Waals surface area (Å²) >= 11 is 5.89. The van der Waals surface area contributed by atoms with Gasteiger partial charge in [-0.2, -0.15) is 10.4 Å². The van der Waals surface area contributed by atoms with Crippen LogP contribution in [0.1, 0.15) is 5.56 Å². The van der Waals surface area contributed by atoms with E-state index in [0.717, 1.165) is 11.1 Å². The Balaban J connectivity index is 1.69. The Kier molecular flexibility index (Phi) is 5.54. The molecule has 0 atom stereocenters. The Morgan fingerprint density at radius 3 is 2.41 bits per heavy atom. The van der Waals surface area contributed by atoms with Gasteiger partial charge >= 0.3 is 0 Å². The fourth-order valence-corrected chi connectivity index (χ4v) is 4.82. The highest BCUT2D eigenvalue weighted by Crippen LogP contribution is 2.32. The molecule has 0 spiro atoms. The van der Waals surface area contributed by atoms with Crippen LogP contribution in [-0.2, 0) is 9.84 Å². The average Bonchev–Trinajstić information content (AvgIpc) is 3.47. The molecule has 0 N–H and O–H groups in total. The molecule has 0 saturated heterocycles. The number of rotatable bonds is 5. The molecule has 0 fully saturated rings. The van der Waals surface area contributed by atoms with E-state index in [-0.39, 0.29) is 4.90 Å². The molecule has 6 nitrogen and oxygen atoms in total. The largest absolute Gasteiger partial charge is 0.454 e. The van der Waals surface area contributed by atoms with Gasteiger partial charge in [0.25, 0.3) is 0 Å². The van der Waals surface area contributed by atoms with E-state index in [4.69, 9.17) is 16.0 Å². The molecular weight excluding hydrogens is 470 g/mol. The van der Waals surface area contributed by atoms with Gasteiger partial charge in [-0.05, 0) is 54.6 Å². The number of aromatic nitrogens is 2. The van der Waals surface area contributed by atoms with Crippen LogP contribution in [-0.4, -0.2) is 18.2 Å². The summed E-state index contributed by atoms with van der Waals surface area (Å²) < 4.78 is 33.9. The number of fused-ring (bicyclic) bond motifs is 1. The molecule has 5 aromatic rings. The second-order valence-electron chi connectivity index (χ2n) is 7.44. The first-order chi connectivity index (χ1) is 16.5. The van der Waals surface area contributed by atoms with E-state index >= 15 is 0 Å². The first-order valence-corrected chi connectivity index (χ1v) is 12.1. The average molecular weight is 486 g/mol. The number of hydrogen-bond donors (Lipinski definition) is 0. The number of sulfone groups is 1. The molecule has 0 saturated carbocycles. The fraction of sp³-hybridized carbons (Fsp3) is 0. The Labute approximate surface area is 200 Å². The highest BCUT2D eigenvalue weighted by molar-refractivity contribution is 7.95. The van der Waals surface area contributed by atoms with Crippen LogP contribution in [0.2, 0.25) is 5.02 Å². The Morgan fingerprint density at radius 1 is 1.00 bits per heavy atom. The topological polar surface area (TPSA) is 88.9 Å². The number of hydrogen-bond acceptors (Lipinski definition) is 5. The van der Waals surface area contributed by atoms with E-state index in [1.54, 1.807) is 10.9 Å². The van der Waals surface area contributed by atoms with Crippen LogP contribution < -0.4 is 0 Å². The van der Waals surface area contributed by atoms with E-state index in [2.05, 4.69) is 5.10 Å². The number of nitriles is 1. The fourth-order valence-electron chi connectivity index (χ4n) is 3.55.